The van der Waals surface area contributed by atoms with Crippen molar-refractivity contribution in [1.82, 2.24) is 30.1 Å². The largest absolute Gasteiger partial charge is 0.491 e. The van der Waals surface area contributed by atoms with E-state index in [1.807, 2.05) is 6.92 Å². The van der Waals surface area contributed by atoms with E-state index < -0.39 is 23.6 Å². The number of hydrogen-bond acceptors (Lipinski definition) is 7. The molecule has 0 saturated carbocycles. The summed E-state index contributed by atoms with van der Waals surface area (Å²) in [5, 5.41) is 17.9. The molecule has 3 N–H and O–H groups in total. The van der Waals surface area contributed by atoms with Crippen LogP contribution in [0.25, 0.3) is 16.6 Å². The molecule has 1 unspecified atom stereocenters. The molecule has 11 nitrogen and oxygen atoms in total. The Morgan fingerprint density at radius 2 is 2.09 bits per heavy atom. The van der Waals surface area contributed by atoms with Crippen molar-refractivity contribution in [3.8, 4) is 5.75 Å². The van der Waals surface area contributed by atoms with Gasteiger partial charge in [-0.15, -0.1) is 5.10 Å². The average Bonchev–Trinajstić information content (AvgIpc) is 3.39. The number of rotatable bonds is 6. The van der Waals surface area contributed by atoms with Crippen LogP contribution in [0, 0.1) is 0 Å². The lowest BCUT2D eigenvalue weighted by atomic mass is 10.0. The first-order valence-corrected chi connectivity index (χ1v) is 11.4. The Morgan fingerprint density at radius 1 is 1.31 bits per heavy atom. The van der Waals surface area contributed by atoms with Gasteiger partial charge in [-0.3, -0.25) is 15.2 Å². The van der Waals surface area contributed by atoms with Gasteiger partial charge in [0.15, 0.2) is 11.5 Å². The number of ether oxygens (including phenoxy) is 2. The van der Waals surface area contributed by atoms with Crippen molar-refractivity contribution in [1.29, 1.82) is 0 Å². The molecule has 35 heavy (non-hydrogen) atoms. The van der Waals surface area contributed by atoms with E-state index in [0.29, 0.717) is 33.8 Å². The van der Waals surface area contributed by atoms with Gasteiger partial charge in [0.1, 0.15) is 22.4 Å². The summed E-state index contributed by atoms with van der Waals surface area (Å²) < 4.78 is 12.6. The van der Waals surface area contributed by atoms with Crippen molar-refractivity contribution in [2.24, 2.45) is 0 Å². The topological polar surface area (TPSA) is 136 Å². The van der Waals surface area contributed by atoms with E-state index in [9.17, 15) is 9.59 Å². The van der Waals surface area contributed by atoms with Crippen molar-refractivity contribution in [3.05, 3.63) is 46.9 Å². The number of fused-ring (bicyclic) bond motifs is 2. The van der Waals surface area contributed by atoms with Crippen LogP contribution in [0.4, 0.5) is 10.6 Å². The fourth-order valence-electron chi connectivity index (χ4n) is 3.62. The van der Waals surface area contributed by atoms with Crippen LogP contribution < -0.4 is 15.4 Å². The first kappa shape index (κ1) is 24.3. The van der Waals surface area contributed by atoms with Crippen molar-refractivity contribution in [2.75, 3.05) is 11.9 Å². The highest BCUT2D eigenvalue weighted by Gasteiger charge is 2.27. The summed E-state index contributed by atoms with van der Waals surface area (Å²) in [6.45, 7) is 9.29. The Bertz CT molecular complexity index is 1410. The van der Waals surface area contributed by atoms with E-state index in [1.54, 1.807) is 52.2 Å². The number of aromatic amines is 1. The quantitative estimate of drug-likeness (QED) is 0.355. The molecule has 0 fully saturated rings. The third-order valence-electron chi connectivity index (χ3n) is 5.01. The van der Waals surface area contributed by atoms with Crippen molar-refractivity contribution in [2.45, 2.75) is 46.3 Å². The summed E-state index contributed by atoms with van der Waals surface area (Å²) in [4.78, 5) is 30.1. The highest BCUT2D eigenvalue weighted by atomic mass is 35.5. The summed E-state index contributed by atoms with van der Waals surface area (Å²) in [5.74, 6) is 0.0672. The van der Waals surface area contributed by atoms with Gasteiger partial charge >= 0.3 is 6.09 Å². The number of anilines is 1. The highest BCUT2D eigenvalue weighted by molar-refractivity contribution is 6.35. The van der Waals surface area contributed by atoms with E-state index in [2.05, 4.69) is 30.9 Å². The minimum absolute atomic E-state index is 0.0229. The SMILES string of the molecule is CCOc1c(C(C)NC(=O)c2c(NC(=O)OC(C)(C)C)nn3cccnc23)cc(Cl)c2cn[nH]c12. The van der Waals surface area contributed by atoms with E-state index in [1.165, 1.54) is 10.7 Å². The third-order valence-corrected chi connectivity index (χ3v) is 5.33. The van der Waals surface area contributed by atoms with Crippen LogP contribution in [0.2, 0.25) is 5.02 Å². The molecule has 0 saturated heterocycles. The fourth-order valence-corrected chi connectivity index (χ4v) is 3.88. The van der Waals surface area contributed by atoms with Crippen molar-refractivity contribution in [3.63, 3.8) is 0 Å². The average molecular weight is 500 g/mol. The second-order valence-electron chi connectivity index (χ2n) is 8.80. The number of aromatic nitrogens is 5. The van der Waals surface area contributed by atoms with Crippen LogP contribution in [0.1, 0.15) is 56.6 Å². The molecule has 0 aliphatic heterocycles. The fraction of sp³-hybridized carbons (Fsp3) is 0.348. The molecule has 0 aliphatic carbocycles. The normalized spacial score (nSPS) is 12.5. The number of H-pyrrole nitrogens is 1. The zero-order valence-electron chi connectivity index (χ0n) is 20.0. The summed E-state index contributed by atoms with van der Waals surface area (Å²) in [5.41, 5.74) is 0.942. The van der Waals surface area contributed by atoms with E-state index >= 15 is 0 Å². The Hall–Kier alpha value is -3.86. The zero-order chi connectivity index (χ0) is 25.3. The Balaban J connectivity index is 1.69. The van der Waals surface area contributed by atoms with Gasteiger partial charge < -0.3 is 14.8 Å². The number of nitrogens with zero attached hydrogens (tertiary/aromatic N) is 4. The summed E-state index contributed by atoms with van der Waals surface area (Å²) in [6.07, 6.45) is 4.04. The maximum Gasteiger partial charge on any atom is 0.413 e. The molecular formula is C23H26ClN7O4. The number of hydrogen-bond donors (Lipinski definition) is 3. The Kier molecular flexibility index (Phi) is 6.53. The molecule has 4 aromatic rings. The van der Waals surface area contributed by atoms with E-state index in [4.69, 9.17) is 21.1 Å². The summed E-state index contributed by atoms with van der Waals surface area (Å²) in [7, 11) is 0. The lowest BCUT2D eigenvalue weighted by molar-refractivity contribution is 0.0635. The number of carbonyl (C=O) groups excluding carboxylic acids is 2. The van der Waals surface area contributed by atoms with Gasteiger partial charge in [0, 0.05) is 23.3 Å². The van der Waals surface area contributed by atoms with Gasteiger partial charge in [-0.1, -0.05) is 11.6 Å². The first-order chi connectivity index (χ1) is 16.6. The van der Waals surface area contributed by atoms with Crippen LogP contribution in [0.3, 0.4) is 0 Å². The van der Waals surface area contributed by atoms with E-state index in [-0.39, 0.29) is 17.0 Å². The Labute approximate surface area is 206 Å². The summed E-state index contributed by atoms with van der Waals surface area (Å²) >= 11 is 6.46. The molecule has 1 aromatic carbocycles. The monoisotopic (exact) mass is 499 g/mol. The zero-order valence-corrected chi connectivity index (χ0v) is 20.7. The molecule has 0 radical (unpaired) electrons. The molecule has 3 heterocycles. The highest BCUT2D eigenvalue weighted by Crippen LogP contribution is 2.37. The van der Waals surface area contributed by atoms with Gasteiger partial charge in [-0.2, -0.15) is 5.10 Å². The van der Waals surface area contributed by atoms with E-state index in [0.717, 1.165) is 0 Å². The minimum Gasteiger partial charge on any atom is -0.491 e. The maximum atomic E-state index is 13.5. The van der Waals surface area contributed by atoms with Crippen LogP contribution in [0.15, 0.2) is 30.7 Å². The van der Waals surface area contributed by atoms with Gasteiger partial charge in [-0.05, 0) is 46.8 Å². The maximum absolute atomic E-state index is 13.5. The minimum atomic E-state index is -0.738. The van der Waals surface area contributed by atoms with Crippen molar-refractivity contribution < 1.29 is 19.1 Å². The number of nitrogens with one attached hydrogen (secondary N) is 3. The number of carbonyl (C=O) groups is 2. The molecule has 0 bridgehead atoms. The van der Waals surface area contributed by atoms with Gasteiger partial charge in [0.25, 0.3) is 5.91 Å². The standard InChI is InChI=1S/C23H26ClN7O4/c1-6-34-18-13(10-15(24)14-11-26-29-17(14)18)12(2)27-21(32)16-19(28-22(33)35-23(3,4)5)30-31-9-7-8-25-20(16)31/h7-12H,6H2,1-5H3,(H,26,29)(H,27,32)(H,28,30,33). The van der Waals surface area contributed by atoms with Gasteiger partial charge in [0.2, 0.25) is 0 Å². The molecule has 0 aliphatic rings. The van der Waals surface area contributed by atoms with Crippen LogP contribution in [0.5, 0.6) is 5.75 Å². The van der Waals surface area contributed by atoms with Gasteiger partial charge in [-0.25, -0.2) is 14.3 Å². The molecule has 0 spiro atoms. The third kappa shape index (κ3) is 4.99. The van der Waals surface area contributed by atoms with Gasteiger partial charge in [0.05, 0.1) is 23.9 Å². The lowest BCUT2D eigenvalue weighted by Gasteiger charge is -2.20. The number of benzene rings is 1. The molecule has 12 heteroatoms. The second-order valence-corrected chi connectivity index (χ2v) is 9.21. The molecule has 184 valence electrons. The molecule has 3 aromatic heterocycles. The Morgan fingerprint density at radius 3 is 2.80 bits per heavy atom. The predicted molar refractivity (Wildman–Crippen MR) is 131 cm³/mol. The number of amides is 2. The van der Waals surface area contributed by atoms with Crippen molar-refractivity contribution >= 4 is 46.0 Å². The summed E-state index contributed by atoms with van der Waals surface area (Å²) in [6, 6.07) is 2.88. The van der Waals surface area contributed by atoms with Crippen LogP contribution >= 0.6 is 11.6 Å². The molecular weight excluding hydrogens is 474 g/mol. The lowest BCUT2D eigenvalue weighted by Crippen LogP contribution is -2.30. The smallest absolute Gasteiger partial charge is 0.413 e. The molecule has 4 rings (SSSR count). The van der Waals surface area contributed by atoms with Crippen LogP contribution in [-0.4, -0.2) is 49.0 Å². The molecule has 1 atom stereocenters. The molecule has 2 amide bonds. The van der Waals surface area contributed by atoms with Crippen LogP contribution in [-0.2, 0) is 4.74 Å². The number of halogens is 1. The first-order valence-electron chi connectivity index (χ1n) is 11.0. The predicted octanol–water partition coefficient (Wildman–Crippen LogP) is 4.50. The second kappa shape index (κ2) is 9.41.